The third kappa shape index (κ3) is 3.82. The summed E-state index contributed by atoms with van der Waals surface area (Å²) in [5.41, 5.74) is 1.41. The first-order chi connectivity index (χ1) is 5.93. The second kappa shape index (κ2) is 6.13. The topological polar surface area (TPSA) is 0 Å². The van der Waals surface area contributed by atoms with Gasteiger partial charge in [-0.3, -0.25) is 0 Å². The molecule has 0 saturated carbocycles. The predicted octanol–water partition coefficient (Wildman–Crippen LogP) is 3.52. The van der Waals surface area contributed by atoms with Crippen molar-refractivity contribution in [1.82, 2.24) is 0 Å². The van der Waals surface area contributed by atoms with Crippen LogP contribution in [0.4, 0.5) is 0 Å². The molecular formula is C11H15S. The van der Waals surface area contributed by atoms with Crippen molar-refractivity contribution < 1.29 is 0 Å². The molecule has 0 nitrogen and oxygen atoms in total. The van der Waals surface area contributed by atoms with E-state index in [1.165, 1.54) is 24.2 Å². The summed E-state index contributed by atoms with van der Waals surface area (Å²) in [5.74, 6) is 2.43. The van der Waals surface area contributed by atoms with Gasteiger partial charge in [0.05, 0.1) is 0 Å². The molecule has 65 valence electrons. The average molecular weight is 179 g/mol. The van der Waals surface area contributed by atoms with Gasteiger partial charge < -0.3 is 0 Å². The summed E-state index contributed by atoms with van der Waals surface area (Å²) in [6, 6.07) is 11.3. The Morgan fingerprint density at radius 1 is 1.33 bits per heavy atom. The molecule has 0 fully saturated rings. The van der Waals surface area contributed by atoms with Gasteiger partial charge >= 0.3 is 0 Å². The molecule has 12 heavy (non-hydrogen) atoms. The summed E-state index contributed by atoms with van der Waals surface area (Å²) < 4.78 is 0. The van der Waals surface area contributed by atoms with Gasteiger partial charge in [0.2, 0.25) is 0 Å². The minimum absolute atomic E-state index is 1.15. The van der Waals surface area contributed by atoms with Gasteiger partial charge in [0.15, 0.2) is 0 Å². The summed E-state index contributed by atoms with van der Waals surface area (Å²) in [4.78, 5) is 0. The Morgan fingerprint density at radius 2 is 2.08 bits per heavy atom. The van der Waals surface area contributed by atoms with E-state index in [0.717, 1.165) is 5.75 Å². The van der Waals surface area contributed by atoms with Crippen LogP contribution >= 0.6 is 11.8 Å². The lowest BCUT2D eigenvalue weighted by Crippen LogP contribution is -1.82. The van der Waals surface area contributed by atoms with Crippen LogP contribution in [0.1, 0.15) is 25.3 Å². The van der Waals surface area contributed by atoms with E-state index in [0.29, 0.717) is 0 Å². The number of rotatable bonds is 5. The third-order valence-corrected chi connectivity index (χ3v) is 2.81. The summed E-state index contributed by atoms with van der Waals surface area (Å²) >= 11 is 2.02. The Kier molecular flexibility index (Phi) is 4.93. The zero-order chi connectivity index (χ0) is 8.65. The fourth-order valence-corrected chi connectivity index (χ4v) is 2.02. The highest BCUT2D eigenvalue weighted by atomic mass is 32.2. The van der Waals surface area contributed by atoms with Crippen LogP contribution in [0.15, 0.2) is 24.3 Å². The normalized spacial score (nSPS) is 10.1. The van der Waals surface area contributed by atoms with Gasteiger partial charge in [0.25, 0.3) is 0 Å². The van der Waals surface area contributed by atoms with E-state index in [2.05, 4.69) is 25.1 Å². The molecule has 0 aromatic heterocycles. The van der Waals surface area contributed by atoms with Gasteiger partial charge in [0.1, 0.15) is 0 Å². The van der Waals surface area contributed by atoms with Crippen LogP contribution in [0, 0.1) is 6.07 Å². The van der Waals surface area contributed by atoms with Crippen LogP contribution in [0.3, 0.4) is 0 Å². The van der Waals surface area contributed by atoms with E-state index in [9.17, 15) is 0 Å². The fourth-order valence-electron chi connectivity index (χ4n) is 0.954. The smallest absolute Gasteiger partial charge is 0.0184 e. The molecule has 1 rings (SSSR count). The lowest BCUT2D eigenvalue weighted by Gasteiger charge is -1.99. The van der Waals surface area contributed by atoms with Crippen LogP contribution in [0.25, 0.3) is 0 Å². The molecule has 0 atom stereocenters. The zero-order valence-electron chi connectivity index (χ0n) is 7.55. The number of benzene rings is 1. The van der Waals surface area contributed by atoms with Crippen molar-refractivity contribution >= 4 is 11.8 Å². The van der Waals surface area contributed by atoms with Gasteiger partial charge in [-0.05, 0) is 23.8 Å². The highest BCUT2D eigenvalue weighted by Crippen LogP contribution is 2.12. The molecule has 0 heterocycles. The van der Waals surface area contributed by atoms with Crippen molar-refractivity contribution in [3.05, 3.63) is 35.9 Å². The van der Waals surface area contributed by atoms with E-state index in [1.54, 1.807) is 0 Å². The first-order valence-electron chi connectivity index (χ1n) is 4.46. The molecule has 1 heteroatoms. The maximum atomic E-state index is 3.03. The molecule has 0 spiro atoms. The molecule has 0 aliphatic carbocycles. The lowest BCUT2D eigenvalue weighted by atomic mass is 10.2. The highest BCUT2D eigenvalue weighted by molar-refractivity contribution is 7.98. The molecule has 0 amide bonds. The van der Waals surface area contributed by atoms with Crippen LogP contribution in [0.2, 0.25) is 0 Å². The van der Waals surface area contributed by atoms with Crippen molar-refractivity contribution in [3.63, 3.8) is 0 Å². The average Bonchev–Trinajstić information content (AvgIpc) is 2.14. The van der Waals surface area contributed by atoms with Crippen molar-refractivity contribution in [2.24, 2.45) is 0 Å². The van der Waals surface area contributed by atoms with Crippen molar-refractivity contribution in [3.8, 4) is 0 Å². The summed E-state index contributed by atoms with van der Waals surface area (Å²) in [6.07, 6.45) is 2.64. The van der Waals surface area contributed by atoms with E-state index in [-0.39, 0.29) is 0 Å². The molecule has 1 radical (unpaired) electrons. The molecule has 0 aliphatic heterocycles. The third-order valence-electron chi connectivity index (χ3n) is 1.70. The summed E-state index contributed by atoms with van der Waals surface area (Å²) in [7, 11) is 0. The quantitative estimate of drug-likeness (QED) is 0.623. The lowest BCUT2D eigenvalue weighted by molar-refractivity contribution is 0.896. The molecule has 0 unspecified atom stereocenters. The van der Waals surface area contributed by atoms with Crippen molar-refractivity contribution in [2.75, 3.05) is 5.75 Å². The second-order valence-electron chi connectivity index (χ2n) is 2.81. The maximum Gasteiger partial charge on any atom is 0.0184 e. The Bertz CT molecular complexity index is 193. The Morgan fingerprint density at radius 3 is 2.75 bits per heavy atom. The first-order valence-corrected chi connectivity index (χ1v) is 5.61. The largest absolute Gasteiger partial charge is 0.157 e. The van der Waals surface area contributed by atoms with Crippen LogP contribution in [-0.2, 0) is 5.75 Å². The van der Waals surface area contributed by atoms with Crippen LogP contribution in [0.5, 0.6) is 0 Å². The molecular weight excluding hydrogens is 164 g/mol. The molecule has 0 bridgehead atoms. The number of hydrogen-bond donors (Lipinski definition) is 0. The highest BCUT2D eigenvalue weighted by Gasteiger charge is 1.90. The van der Waals surface area contributed by atoms with Crippen LogP contribution < -0.4 is 0 Å². The van der Waals surface area contributed by atoms with Gasteiger partial charge in [-0.2, -0.15) is 11.8 Å². The molecule has 0 aliphatic rings. The predicted molar refractivity (Wildman–Crippen MR) is 56.3 cm³/mol. The second-order valence-corrected chi connectivity index (χ2v) is 3.92. The Balaban J connectivity index is 2.16. The van der Waals surface area contributed by atoms with Gasteiger partial charge in [0, 0.05) is 5.75 Å². The van der Waals surface area contributed by atoms with E-state index >= 15 is 0 Å². The van der Waals surface area contributed by atoms with E-state index < -0.39 is 0 Å². The monoisotopic (exact) mass is 179 g/mol. The zero-order valence-corrected chi connectivity index (χ0v) is 8.36. The fraction of sp³-hybridized carbons (Fsp3) is 0.455. The molecule has 1 aromatic rings. The summed E-state index contributed by atoms with van der Waals surface area (Å²) in [6.45, 7) is 2.23. The Hall–Kier alpha value is -0.430. The molecule has 0 saturated heterocycles. The van der Waals surface area contributed by atoms with E-state index in [4.69, 9.17) is 0 Å². The van der Waals surface area contributed by atoms with Gasteiger partial charge in [-0.25, -0.2) is 0 Å². The van der Waals surface area contributed by atoms with Crippen LogP contribution in [-0.4, -0.2) is 5.75 Å². The number of unbranched alkanes of at least 4 members (excludes halogenated alkanes) is 1. The minimum atomic E-state index is 1.15. The van der Waals surface area contributed by atoms with Crippen molar-refractivity contribution in [1.29, 1.82) is 0 Å². The Labute approximate surface area is 79.4 Å². The standard InChI is InChI=1S/C11H15S/c1-2-3-9-12-10-11-7-5-4-6-8-11/h5-8H,2-3,9-10H2,1H3. The molecule has 1 aromatic carbocycles. The number of hydrogen-bond acceptors (Lipinski definition) is 1. The molecule has 0 N–H and O–H groups in total. The first kappa shape index (κ1) is 9.66. The summed E-state index contributed by atoms with van der Waals surface area (Å²) in [5, 5.41) is 0. The van der Waals surface area contributed by atoms with E-state index in [1.807, 2.05) is 23.9 Å². The van der Waals surface area contributed by atoms with Gasteiger partial charge in [-0.1, -0.05) is 37.6 Å². The maximum absolute atomic E-state index is 3.03. The minimum Gasteiger partial charge on any atom is -0.157 e. The van der Waals surface area contributed by atoms with Crippen molar-refractivity contribution in [2.45, 2.75) is 25.5 Å². The van der Waals surface area contributed by atoms with Gasteiger partial charge in [-0.15, -0.1) is 0 Å². The SMILES string of the molecule is CCCCSCc1cc[c]cc1. The number of thioether (sulfide) groups is 1.